The van der Waals surface area contributed by atoms with E-state index < -0.39 is 0 Å². The highest BCUT2D eigenvalue weighted by molar-refractivity contribution is 5.86. The third-order valence-electron chi connectivity index (χ3n) is 5.98. The van der Waals surface area contributed by atoms with Gasteiger partial charge in [0.2, 0.25) is 0 Å². The van der Waals surface area contributed by atoms with E-state index in [0.29, 0.717) is 29.0 Å². The summed E-state index contributed by atoms with van der Waals surface area (Å²) in [6.07, 6.45) is 8.10. The molecular weight excluding hydrogens is 456 g/mol. The Balaban J connectivity index is 1.33. The van der Waals surface area contributed by atoms with Crippen molar-refractivity contribution in [3.8, 4) is 11.5 Å². The Hall–Kier alpha value is -4.44. The average Bonchev–Trinajstić information content (AvgIpc) is 3.57. The van der Waals surface area contributed by atoms with E-state index in [4.69, 9.17) is 20.3 Å². The molecule has 0 aliphatic carbocycles. The number of fused-ring (bicyclic) bond motifs is 2. The minimum atomic E-state index is 0.177. The summed E-state index contributed by atoms with van der Waals surface area (Å²) in [7, 11) is 1.63. The molecule has 4 heterocycles. The molecule has 4 N–H and O–H groups in total. The van der Waals surface area contributed by atoms with Crippen molar-refractivity contribution >= 4 is 22.1 Å². The summed E-state index contributed by atoms with van der Waals surface area (Å²) in [5.41, 5.74) is 9.57. The van der Waals surface area contributed by atoms with Gasteiger partial charge >= 0.3 is 0 Å². The third-order valence-corrected chi connectivity index (χ3v) is 5.98. The van der Waals surface area contributed by atoms with Crippen molar-refractivity contribution in [2.75, 3.05) is 20.2 Å². The van der Waals surface area contributed by atoms with Crippen LogP contribution in [-0.4, -0.2) is 51.0 Å². The van der Waals surface area contributed by atoms with Gasteiger partial charge in [0.05, 0.1) is 18.3 Å². The number of pyridine rings is 1. The Kier molecular flexibility index (Phi) is 6.76. The maximum absolute atomic E-state index is 6.09. The minimum absolute atomic E-state index is 0.177. The van der Waals surface area contributed by atoms with E-state index in [9.17, 15) is 0 Å². The Morgan fingerprint density at radius 2 is 2.17 bits per heavy atom. The Morgan fingerprint density at radius 3 is 2.97 bits per heavy atom. The number of nitrogens with one attached hydrogen (secondary N) is 2. The smallest absolute Gasteiger partial charge is 0.192 e. The fraction of sp³-hybridized carbons (Fsp3) is 0.231. The maximum atomic E-state index is 6.09. The van der Waals surface area contributed by atoms with Gasteiger partial charge in [-0.05, 0) is 55.4 Å². The molecule has 4 aromatic rings. The summed E-state index contributed by atoms with van der Waals surface area (Å²) in [5, 5.41) is 20.8. The van der Waals surface area contributed by atoms with Crippen molar-refractivity contribution in [3.63, 3.8) is 0 Å². The lowest BCUT2D eigenvalue weighted by Crippen LogP contribution is -2.29. The zero-order valence-electron chi connectivity index (χ0n) is 20.0. The van der Waals surface area contributed by atoms with E-state index >= 15 is 0 Å². The van der Waals surface area contributed by atoms with E-state index in [2.05, 4.69) is 32.4 Å². The molecule has 5 rings (SSSR count). The molecule has 10 heteroatoms. The van der Waals surface area contributed by atoms with Gasteiger partial charge in [-0.3, -0.25) is 4.98 Å². The van der Waals surface area contributed by atoms with Crippen LogP contribution in [0.2, 0.25) is 0 Å². The fourth-order valence-electron chi connectivity index (χ4n) is 4.08. The van der Waals surface area contributed by atoms with Crippen LogP contribution in [-0.2, 0) is 6.61 Å². The van der Waals surface area contributed by atoms with Gasteiger partial charge in [-0.2, -0.15) is 9.61 Å². The Labute approximate surface area is 208 Å². The van der Waals surface area contributed by atoms with Gasteiger partial charge in [0.15, 0.2) is 11.5 Å². The van der Waals surface area contributed by atoms with Gasteiger partial charge < -0.3 is 25.8 Å². The second-order valence-corrected chi connectivity index (χ2v) is 8.40. The maximum Gasteiger partial charge on any atom is 0.192 e. The van der Waals surface area contributed by atoms with E-state index in [0.717, 1.165) is 47.4 Å². The molecular formula is C26H28N8O2. The SMILES string of the molecule is C=C(/C=C\C(=C/N)c1ccc2nnc(COc3ccnc4cc(OC)ccc34)n2n1)NC1CCNC1. The lowest BCUT2D eigenvalue weighted by Gasteiger charge is -2.12. The second-order valence-electron chi connectivity index (χ2n) is 8.40. The Morgan fingerprint density at radius 1 is 1.25 bits per heavy atom. The monoisotopic (exact) mass is 484 g/mol. The van der Waals surface area contributed by atoms with Crippen LogP contribution in [0.3, 0.4) is 0 Å². The lowest BCUT2D eigenvalue weighted by atomic mass is 10.1. The molecule has 0 saturated carbocycles. The van der Waals surface area contributed by atoms with Crippen LogP contribution < -0.4 is 25.8 Å². The van der Waals surface area contributed by atoms with Crippen molar-refractivity contribution in [2.45, 2.75) is 19.1 Å². The molecule has 3 aromatic heterocycles. The Bertz CT molecular complexity index is 1450. The summed E-state index contributed by atoms with van der Waals surface area (Å²) >= 11 is 0. The van der Waals surface area contributed by atoms with Gasteiger partial charge in [-0.15, -0.1) is 10.2 Å². The van der Waals surface area contributed by atoms with E-state index in [1.807, 2.05) is 48.6 Å². The predicted molar refractivity (Wildman–Crippen MR) is 138 cm³/mol. The van der Waals surface area contributed by atoms with Crippen molar-refractivity contribution < 1.29 is 9.47 Å². The molecule has 0 amide bonds. The van der Waals surface area contributed by atoms with Gasteiger partial charge in [-0.25, -0.2) is 0 Å². The molecule has 1 aromatic carbocycles. The highest BCUT2D eigenvalue weighted by Crippen LogP contribution is 2.27. The zero-order valence-corrected chi connectivity index (χ0v) is 20.0. The van der Waals surface area contributed by atoms with E-state index in [-0.39, 0.29) is 6.61 Å². The molecule has 0 radical (unpaired) electrons. The lowest BCUT2D eigenvalue weighted by molar-refractivity contribution is 0.296. The number of hydrogen-bond donors (Lipinski definition) is 3. The molecule has 0 spiro atoms. The molecule has 1 aliphatic heterocycles. The standard InChI is InChI=1S/C26H28N8O2/c1-17(30-19-9-11-28-15-19)3-4-18(14-27)22-7-8-25-31-32-26(34(25)33-22)16-36-24-10-12-29-23-13-20(35-2)5-6-21(23)24/h3-8,10,12-14,19,28,30H,1,9,11,15-16,27H2,2H3/b4-3-,18-14+. The first-order valence-corrected chi connectivity index (χ1v) is 11.7. The first-order valence-electron chi connectivity index (χ1n) is 11.7. The first kappa shape index (κ1) is 23.3. The number of benzene rings is 1. The molecule has 1 fully saturated rings. The van der Waals surface area contributed by atoms with Crippen LogP contribution >= 0.6 is 0 Å². The molecule has 1 unspecified atom stereocenters. The highest BCUT2D eigenvalue weighted by Gasteiger charge is 2.14. The van der Waals surface area contributed by atoms with Crippen molar-refractivity contribution in [1.82, 2.24) is 35.4 Å². The summed E-state index contributed by atoms with van der Waals surface area (Å²) in [5.74, 6) is 1.98. The number of allylic oxidation sites excluding steroid dienone is 3. The van der Waals surface area contributed by atoms with Crippen molar-refractivity contribution in [3.05, 3.63) is 84.7 Å². The summed E-state index contributed by atoms with van der Waals surface area (Å²) in [6.45, 7) is 6.22. The number of nitrogens with two attached hydrogens (primary N) is 1. The van der Waals surface area contributed by atoms with Crippen molar-refractivity contribution in [2.24, 2.45) is 5.73 Å². The number of rotatable bonds is 9. The fourth-order valence-corrected chi connectivity index (χ4v) is 4.08. The van der Waals surface area contributed by atoms with E-state index in [1.54, 1.807) is 17.8 Å². The number of ether oxygens (including phenoxy) is 2. The largest absolute Gasteiger partial charge is 0.497 e. The molecule has 184 valence electrons. The predicted octanol–water partition coefficient (Wildman–Crippen LogP) is 2.58. The number of nitrogens with zero attached hydrogens (tertiary/aromatic N) is 5. The number of aromatic nitrogens is 5. The number of hydrogen-bond acceptors (Lipinski definition) is 9. The first-order chi connectivity index (χ1) is 17.6. The molecule has 36 heavy (non-hydrogen) atoms. The van der Waals surface area contributed by atoms with Crippen LogP contribution in [0, 0.1) is 0 Å². The molecule has 1 aliphatic rings. The zero-order chi connectivity index (χ0) is 24.9. The molecule has 10 nitrogen and oxygen atoms in total. The van der Waals surface area contributed by atoms with Crippen molar-refractivity contribution in [1.29, 1.82) is 0 Å². The summed E-state index contributed by atoms with van der Waals surface area (Å²) < 4.78 is 13.0. The quantitative estimate of drug-likeness (QED) is 0.307. The average molecular weight is 485 g/mol. The van der Waals surface area contributed by atoms with Gasteiger partial charge in [0.1, 0.15) is 18.1 Å². The van der Waals surface area contributed by atoms with Gasteiger partial charge in [0, 0.05) is 47.7 Å². The van der Waals surface area contributed by atoms with Crippen LogP contribution in [0.1, 0.15) is 17.9 Å². The number of methoxy groups -OCH3 is 1. The van der Waals surface area contributed by atoms with Crippen LogP contribution in [0.5, 0.6) is 11.5 Å². The third kappa shape index (κ3) is 4.98. The summed E-state index contributed by atoms with van der Waals surface area (Å²) in [6, 6.07) is 11.6. The van der Waals surface area contributed by atoms with E-state index in [1.165, 1.54) is 6.20 Å². The van der Waals surface area contributed by atoms with Crippen LogP contribution in [0.4, 0.5) is 0 Å². The molecule has 0 bridgehead atoms. The van der Waals surface area contributed by atoms with Crippen LogP contribution in [0.15, 0.2) is 73.2 Å². The molecule has 1 saturated heterocycles. The highest BCUT2D eigenvalue weighted by atomic mass is 16.5. The summed E-state index contributed by atoms with van der Waals surface area (Å²) in [4.78, 5) is 4.40. The van der Waals surface area contributed by atoms with Crippen LogP contribution in [0.25, 0.3) is 22.1 Å². The molecule has 1 atom stereocenters. The van der Waals surface area contributed by atoms with Gasteiger partial charge in [0.25, 0.3) is 0 Å². The topological polar surface area (TPSA) is 125 Å². The minimum Gasteiger partial charge on any atom is -0.497 e. The second kappa shape index (κ2) is 10.4. The normalized spacial score (nSPS) is 16.1. The van der Waals surface area contributed by atoms with Gasteiger partial charge in [-0.1, -0.05) is 6.58 Å².